The summed E-state index contributed by atoms with van der Waals surface area (Å²) in [5.74, 6) is -0.975. The fourth-order valence-electron chi connectivity index (χ4n) is 1.16. The minimum absolute atomic E-state index is 0.121. The summed E-state index contributed by atoms with van der Waals surface area (Å²) >= 11 is 0. The Bertz CT molecular complexity index is 390. The van der Waals surface area contributed by atoms with Crippen molar-refractivity contribution in [3.63, 3.8) is 0 Å². The van der Waals surface area contributed by atoms with Crippen LogP contribution in [0.5, 0.6) is 0 Å². The number of carbonyl (C=O) groups excluding carboxylic acids is 2. The van der Waals surface area contributed by atoms with Gasteiger partial charge in [0.15, 0.2) is 5.78 Å². The number of amides is 1. The monoisotopic (exact) mass is 207 g/mol. The summed E-state index contributed by atoms with van der Waals surface area (Å²) in [7, 11) is 0. The maximum atomic E-state index is 11.6. The van der Waals surface area contributed by atoms with E-state index in [9.17, 15) is 9.59 Å². The first kappa shape index (κ1) is 11.2. The molecule has 1 aromatic carbocycles. The van der Waals surface area contributed by atoms with Crippen LogP contribution >= 0.6 is 0 Å². The summed E-state index contributed by atoms with van der Waals surface area (Å²) in [4.78, 5) is 22.3. The Hall–Kier alpha value is -1.88. The quantitative estimate of drug-likeness (QED) is 0.462. The van der Waals surface area contributed by atoms with Gasteiger partial charge in [0.2, 0.25) is 5.91 Å². The van der Waals surface area contributed by atoms with Crippen LogP contribution in [0, 0.1) is 0 Å². The predicted molar refractivity (Wildman–Crippen MR) is 57.0 cm³/mol. The number of hydrogen-bond acceptors (Lipinski definition) is 4. The lowest BCUT2D eigenvalue weighted by molar-refractivity contribution is -0.119. The van der Waals surface area contributed by atoms with E-state index in [-0.39, 0.29) is 12.2 Å². The molecule has 1 aromatic rings. The van der Waals surface area contributed by atoms with Crippen molar-refractivity contribution in [3.8, 4) is 0 Å². The van der Waals surface area contributed by atoms with E-state index in [1.165, 1.54) is 0 Å². The predicted octanol–water partition coefficient (Wildman–Crippen LogP) is -0.346. The molecule has 0 radical (unpaired) electrons. The highest BCUT2D eigenvalue weighted by atomic mass is 16.1. The van der Waals surface area contributed by atoms with E-state index in [0.717, 1.165) is 0 Å². The third-order valence-corrected chi connectivity index (χ3v) is 2.03. The second kappa shape index (κ2) is 4.56. The van der Waals surface area contributed by atoms with E-state index < -0.39 is 11.9 Å². The average Bonchev–Trinajstić information content (AvgIpc) is 2.18. The van der Waals surface area contributed by atoms with E-state index in [4.69, 9.17) is 17.2 Å². The molecule has 0 fully saturated rings. The molecule has 6 N–H and O–H groups in total. The smallest absolute Gasteiger partial charge is 0.234 e. The van der Waals surface area contributed by atoms with Gasteiger partial charge in [0.1, 0.15) is 0 Å². The van der Waals surface area contributed by atoms with Crippen molar-refractivity contribution in [3.05, 3.63) is 29.8 Å². The van der Waals surface area contributed by atoms with Crippen LogP contribution in [-0.4, -0.2) is 17.7 Å². The van der Waals surface area contributed by atoms with Crippen LogP contribution in [-0.2, 0) is 4.79 Å². The molecule has 0 unspecified atom stereocenters. The van der Waals surface area contributed by atoms with Crippen molar-refractivity contribution in [2.24, 2.45) is 11.5 Å². The van der Waals surface area contributed by atoms with Gasteiger partial charge in [0.05, 0.1) is 6.04 Å². The Morgan fingerprint density at radius 3 is 2.40 bits per heavy atom. The van der Waals surface area contributed by atoms with E-state index in [1.54, 1.807) is 24.3 Å². The molecule has 0 aliphatic rings. The summed E-state index contributed by atoms with van der Waals surface area (Å²) in [6.07, 6.45) is -0.121. The van der Waals surface area contributed by atoms with Gasteiger partial charge in [-0.15, -0.1) is 0 Å². The van der Waals surface area contributed by atoms with Gasteiger partial charge in [-0.3, -0.25) is 9.59 Å². The molecule has 80 valence electrons. The van der Waals surface area contributed by atoms with Crippen molar-refractivity contribution < 1.29 is 9.59 Å². The Morgan fingerprint density at radius 2 is 1.87 bits per heavy atom. The number of primary amides is 1. The molecule has 0 spiro atoms. The van der Waals surface area contributed by atoms with Gasteiger partial charge in [-0.05, 0) is 12.1 Å². The number of rotatable bonds is 4. The minimum atomic E-state index is -0.961. The fourth-order valence-corrected chi connectivity index (χ4v) is 1.16. The molecule has 0 heterocycles. The summed E-state index contributed by atoms with van der Waals surface area (Å²) in [6, 6.07) is 5.66. The van der Waals surface area contributed by atoms with E-state index >= 15 is 0 Å². The lowest BCUT2D eigenvalue weighted by atomic mass is 10.0. The van der Waals surface area contributed by atoms with Crippen LogP contribution in [0.1, 0.15) is 16.8 Å². The van der Waals surface area contributed by atoms with Crippen molar-refractivity contribution in [2.75, 3.05) is 5.73 Å². The number of carbonyl (C=O) groups is 2. The second-order valence-electron chi connectivity index (χ2n) is 3.22. The number of anilines is 1. The van der Waals surface area contributed by atoms with Gasteiger partial charge in [0, 0.05) is 17.7 Å². The van der Waals surface area contributed by atoms with Gasteiger partial charge < -0.3 is 17.2 Å². The Balaban J connectivity index is 2.78. The highest BCUT2D eigenvalue weighted by Gasteiger charge is 2.17. The van der Waals surface area contributed by atoms with Crippen LogP contribution in [0.2, 0.25) is 0 Å². The Morgan fingerprint density at radius 1 is 1.27 bits per heavy atom. The van der Waals surface area contributed by atoms with Gasteiger partial charge in [0.25, 0.3) is 0 Å². The van der Waals surface area contributed by atoms with Crippen LogP contribution in [0.3, 0.4) is 0 Å². The van der Waals surface area contributed by atoms with Crippen LogP contribution in [0.25, 0.3) is 0 Å². The van der Waals surface area contributed by atoms with Gasteiger partial charge in [-0.25, -0.2) is 0 Å². The largest absolute Gasteiger partial charge is 0.398 e. The first-order valence-corrected chi connectivity index (χ1v) is 4.45. The minimum Gasteiger partial charge on any atom is -0.398 e. The zero-order chi connectivity index (χ0) is 11.4. The molecule has 1 rings (SSSR count). The summed E-state index contributed by atoms with van der Waals surface area (Å²) in [5.41, 5.74) is 16.7. The Labute approximate surface area is 87.2 Å². The maximum absolute atomic E-state index is 11.6. The number of para-hydroxylation sites is 1. The summed E-state index contributed by atoms with van der Waals surface area (Å²) in [6.45, 7) is 0. The molecule has 5 heteroatoms. The molecule has 0 aliphatic heterocycles. The maximum Gasteiger partial charge on any atom is 0.234 e. The summed E-state index contributed by atoms with van der Waals surface area (Å²) in [5, 5.41) is 0. The Kier molecular flexibility index (Phi) is 3.41. The molecule has 0 aliphatic carbocycles. The molecule has 0 aromatic heterocycles. The van der Waals surface area contributed by atoms with Crippen molar-refractivity contribution in [1.29, 1.82) is 0 Å². The van der Waals surface area contributed by atoms with Crippen LogP contribution in [0.4, 0.5) is 5.69 Å². The van der Waals surface area contributed by atoms with Crippen molar-refractivity contribution >= 4 is 17.4 Å². The number of Topliss-reactive ketones (excluding diaryl/α,β-unsaturated/α-hetero) is 1. The third kappa shape index (κ3) is 2.78. The number of nitrogens with two attached hydrogens (primary N) is 3. The second-order valence-corrected chi connectivity index (χ2v) is 3.22. The van der Waals surface area contributed by atoms with Gasteiger partial charge in [-0.2, -0.15) is 0 Å². The highest BCUT2D eigenvalue weighted by molar-refractivity contribution is 6.03. The van der Waals surface area contributed by atoms with Crippen molar-refractivity contribution in [2.45, 2.75) is 12.5 Å². The molecular formula is C10H13N3O2. The molecule has 1 amide bonds. The first-order valence-electron chi connectivity index (χ1n) is 4.45. The zero-order valence-corrected chi connectivity index (χ0v) is 8.14. The van der Waals surface area contributed by atoms with Gasteiger partial charge in [-0.1, -0.05) is 12.1 Å². The normalized spacial score (nSPS) is 12.1. The lowest BCUT2D eigenvalue weighted by Crippen LogP contribution is -2.38. The van der Waals surface area contributed by atoms with Crippen LogP contribution in [0.15, 0.2) is 24.3 Å². The van der Waals surface area contributed by atoms with Gasteiger partial charge >= 0.3 is 0 Å². The topological polar surface area (TPSA) is 112 Å². The molecule has 0 bridgehead atoms. The average molecular weight is 207 g/mol. The highest BCUT2D eigenvalue weighted by Crippen LogP contribution is 2.13. The van der Waals surface area contributed by atoms with Crippen molar-refractivity contribution in [1.82, 2.24) is 0 Å². The zero-order valence-electron chi connectivity index (χ0n) is 8.14. The molecule has 0 saturated carbocycles. The molecular weight excluding hydrogens is 194 g/mol. The lowest BCUT2D eigenvalue weighted by Gasteiger charge is -2.07. The number of ketones is 1. The number of hydrogen-bond donors (Lipinski definition) is 3. The third-order valence-electron chi connectivity index (χ3n) is 2.03. The molecule has 1 atom stereocenters. The molecule has 15 heavy (non-hydrogen) atoms. The van der Waals surface area contributed by atoms with Crippen LogP contribution < -0.4 is 17.2 Å². The SMILES string of the molecule is NC(=O)[C@@H](N)CC(=O)c1ccccc1N. The van der Waals surface area contributed by atoms with E-state index in [0.29, 0.717) is 11.3 Å². The van der Waals surface area contributed by atoms with E-state index in [2.05, 4.69) is 0 Å². The molecule has 0 saturated heterocycles. The number of benzene rings is 1. The van der Waals surface area contributed by atoms with E-state index in [1.807, 2.05) is 0 Å². The summed E-state index contributed by atoms with van der Waals surface area (Å²) < 4.78 is 0. The number of nitrogen functional groups attached to an aromatic ring is 1. The molecule has 5 nitrogen and oxygen atoms in total. The fraction of sp³-hybridized carbons (Fsp3) is 0.200. The standard InChI is InChI=1S/C10H13N3O2/c11-7-4-2-1-3-6(7)9(14)5-8(12)10(13)15/h1-4,8H,5,11-12H2,(H2,13,15)/t8-/m0/s1. The first-order chi connectivity index (χ1) is 7.02.